The molecule has 6 nitrogen and oxygen atoms in total. The van der Waals surface area contributed by atoms with E-state index in [1.165, 1.54) is 5.56 Å². The molecule has 3 aromatic carbocycles. The van der Waals surface area contributed by atoms with Gasteiger partial charge in [-0.3, -0.25) is 9.59 Å². The quantitative estimate of drug-likeness (QED) is 0.477. The van der Waals surface area contributed by atoms with E-state index in [4.69, 9.17) is 10.5 Å². The summed E-state index contributed by atoms with van der Waals surface area (Å²) < 4.78 is 6.11. The molecule has 3 rings (SSSR count). The Labute approximate surface area is 188 Å². The van der Waals surface area contributed by atoms with Crippen molar-refractivity contribution in [3.63, 3.8) is 0 Å². The highest BCUT2D eigenvalue weighted by atomic mass is 16.5. The maximum absolute atomic E-state index is 12.0. The lowest BCUT2D eigenvalue weighted by Gasteiger charge is -2.15. The molecule has 6 heteroatoms. The van der Waals surface area contributed by atoms with Gasteiger partial charge in [0.1, 0.15) is 12.4 Å². The minimum absolute atomic E-state index is 0.178. The summed E-state index contributed by atoms with van der Waals surface area (Å²) in [5.41, 5.74) is 12.1. The molecule has 0 spiro atoms. The van der Waals surface area contributed by atoms with E-state index in [0.29, 0.717) is 18.7 Å². The average Bonchev–Trinajstić information content (AvgIpc) is 2.76. The monoisotopic (exact) mass is 431 g/mol. The Hall–Kier alpha value is -3.80. The highest BCUT2D eigenvalue weighted by Gasteiger charge is 2.09. The number of nitrogens with two attached hydrogens (primary N) is 1. The van der Waals surface area contributed by atoms with Crippen molar-refractivity contribution in [2.45, 2.75) is 33.9 Å². The van der Waals surface area contributed by atoms with Crippen molar-refractivity contribution in [2.75, 3.05) is 11.9 Å². The first-order chi connectivity index (χ1) is 15.3. The third kappa shape index (κ3) is 6.35. The van der Waals surface area contributed by atoms with E-state index in [1.54, 1.807) is 12.1 Å². The minimum atomic E-state index is -0.575. The number of benzene rings is 3. The van der Waals surface area contributed by atoms with Gasteiger partial charge in [0, 0.05) is 17.8 Å². The Balaban J connectivity index is 1.58. The van der Waals surface area contributed by atoms with Gasteiger partial charge in [-0.25, -0.2) is 0 Å². The number of nitrogens with one attached hydrogen (secondary N) is 2. The van der Waals surface area contributed by atoms with Crippen LogP contribution in [-0.2, 0) is 17.9 Å². The molecule has 0 aliphatic heterocycles. The zero-order valence-corrected chi connectivity index (χ0v) is 18.7. The molecule has 0 heterocycles. The van der Waals surface area contributed by atoms with E-state index in [2.05, 4.69) is 61.7 Å². The number of hydrogen-bond donors (Lipinski definition) is 3. The van der Waals surface area contributed by atoms with Crippen molar-refractivity contribution < 1.29 is 14.3 Å². The molecule has 0 aliphatic rings. The predicted molar refractivity (Wildman–Crippen MR) is 127 cm³/mol. The van der Waals surface area contributed by atoms with E-state index < -0.39 is 5.91 Å². The Morgan fingerprint density at radius 3 is 2.22 bits per heavy atom. The Morgan fingerprint density at radius 2 is 1.59 bits per heavy atom. The van der Waals surface area contributed by atoms with Crippen LogP contribution in [0.3, 0.4) is 0 Å². The molecule has 0 unspecified atom stereocenters. The largest absolute Gasteiger partial charge is 0.488 e. The third-order valence-corrected chi connectivity index (χ3v) is 5.05. The maximum atomic E-state index is 12.0. The summed E-state index contributed by atoms with van der Waals surface area (Å²) in [7, 11) is 0. The molecule has 0 radical (unpaired) electrons. The highest BCUT2D eigenvalue weighted by Crippen LogP contribution is 2.26. The fourth-order valence-corrected chi connectivity index (χ4v) is 3.54. The summed E-state index contributed by atoms with van der Waals surface area (Å²) in [5, 5.41) is 5.84. The second-order valence-electron chi connectivity index (χ2n) is 7.92. The first-order valence-electron chi connectivity index (χ1n) is 10.5. The molecule has 32 heavy (non-hydrogen) atoms. The maximum Gasteiger partial charge on any atom is 0.251 e. The second-order valence-corrected chi connectivity index (χ2v) is 7.92. The molecule has 0 bridgehead atoms. The lowest BCUT2D eigenvalue weighted by molar-refractivity contribution is -0.117. The van der Waals surface area contributed by atoms with Crippen molar-refractivity contribution in [2.24, 2.45) is 5.73 Å². The summed E-state index contributed by atoms with van der Waals surface area (Å²) >= 11 is 0. The van der Waals surface area contributed by atoms with Crippen LogP contribution in [0.5, 0.6) is 5.75 Å². The van der Waals surface area contributed by atoms with Crippen LogP contribution in [0.1, 0.15) is 38.2 Å². The molecule has 0 saturated heterocycles. The van der Waals surface area contributed by atoms with Crippen LogP contribution in [0.15, 0.2) is 60.7 Å². The van der Waals surface area contributed by atoms with Gasteiger partial charge in [0.15, 0.2) is 0 Å². The smallest absolute Gasteiger partial charge is 0.251 e. The lowest BCUT2D eigenvalue weighted by atomic mass is 10.1. The zero-order chi connectivity index (χ0) is 23.1. The highest BCUT2D eigenvalue weighted by molar-refractivity contribution is 5.96. The summed E-state index contributed by atoms with van der Waals surface area (Å²) in [6.07, 6.45) is 0. The Bertz CT molecular complexity index is 1080. The van der Waals surface area contributed by atoms with Gasteiger partial charge < -0.3 is 21.1 Å². The summed E-state index contributed by atoms with van der Waals surface area (Å²) in [6, 6.07) is 19.6. The van der Waals surface area contributed by atoms with Crippen LogP contribution in [-0.4, -0.2) is 18.4 Å². The van der Waals surface area contributed by atoms with E-state index in [0.717, 1.165) is 33.7 Å². The van der Waals surface area contributed by atoms with Crippen LogP contribution in [0, 0.1) is 20.8 Å². The Kier molecular flexibility index (Phi) is 7.49. The average molecular weight is 432 g/mol. The van der Waals surface area contributed by atoms with Crippen molar-refractivity contribution in [1.82, 2.24) is 5.32 Å². The summed E-state index contributed by atoms with van der Waals surface area (Å²) in [6.45, 7) is 7.20. The third-order valence-electron chi connectivity index (χ3n) is 5.05. The lowest BCUT2D eigenvalue weighted by Crippen LogP contribution is -2.33. The van der Waals surface area contributed by atoms with E-state index >= 15 is 0 Å². The van der Waals surface area contributed by atoms with Crippen LogP contribution < -0.4 is 21.1 Å². The molecule has 0 aliphatic carbocycles. The fourth-order valence-electron chi connectivity index (χ4n) is 3.54. The first kappa shape index (κ1) is 22.9. The number of primary amides is 1. The van der Waals surface area contributed by atoms with Crippen molar-refractivity contribution >= 4 is 17.5 Å². The molecule has 0 saturated carbocycles. The van der Waals surface area contributed by atoms with Crippen molar-refractivity contribution in [1.29, 1.82) is 0 Å². The zero-order valence-electron chi connectivity index (χ0n) is 18.7. The van der Waals surface area contributed by atoms with Gasteiger partial charge in [-0.1, -0.05) is 42.0 Å². The molecular weight excluding hydrogens is 402 g/mol. The molecule has 0 aromatic heterocycles. The first-order valence-corrected chi connectivity index (χ1v) is 10.5. The summed E-state index contributed by atoms with van der Waals surface area (Å²) in [5.74, 6) is 0.0123. The van der Waals surface area contributed by atoms with Gasteiger partial charge >= 0.3 is 0 Å². The second kappa shape index (κ2) is 10.5. The molecule has 2 amide bonds. The standard InChI is InChI=1S/C26H29N3O3/c1-17-5-4-6-20(11-17)16-32-25-18(2)12-21(13-19(25)3)14-28-23-9-7-22(8-10-23)26(31)29-15-24(27)30/h4-13,28H,14-16H2,1-3H3,(H2,27,30)(H,29,31). The number of amides is 2. The van der Waals surface area contributed by atoms with Gasteiger partial charge in [0.2, 0.25) is 5.91 Å². The van der Waals surface area contributed by atoms with Gasteiger partial charge in [-0.15, -0.1) is 0 Å². The van der Waals surface area contributed by atoms with Crippen LogP contribution in [0.2, 0.25) is 0 Å². The predicted octanol–water partition coefficient (Wildman–Crippen LogP) is 4.02. The SMILES string of the molecule is Cc1cccc(COc2c(C)cc(CNc3ccc(C(=O)NCC(N)=O)cc3)cc2C)c1. The molecule has 4 N–H and O–H groups in total. The van der Waals surface area contributed by atoms with Gasteiger partial charge in [0.25, 0.3) is 5.91 Å². The number of carbonyl (C=O) groups is 2. The van der Waals surface area contributed by atoms with Crippen molar-refractivity contribution in [3.8, 4) is 5.75 Å². The number of carbonyl (C=O) groups excluding carboxylic acids is 2. The molecule has 0 atom stereocenters. The molecule has 3 aromatic rings. The number of hydrogen-bond acceptors (Lipinski definition) is 4. The molecule has 166 valence electrons. The number of rotatable bonds is 9. The van der Waals surface area contributed by atoms with E-state index in [9.17, 15) is 9.59 Å². The number of ether oxygens (including phenoxy) is 1. The topological polar surface area (TPSA) is 93.4 Å². The van der Waals surface area contributed by atoms with Gasteiger partial charge in [0.05, 0.1) is 6.54 Å². The number of aryl methyl sites for hydroxylation is 3. The van der Waals surface area contributed by atoms with Gasteiger partial charge in [-0.05, 0) is 67.3 Å². The van der Waals surface area contributed by atoms with Crippen LogP contribution in [0.25, 0.3) is 0 Å². The van der Waals surface area contributed by atoms with E-state index in [-0.39, 0.29) is 12.5 Å². The van der Waals surface area contributed by atoms with Gasteiger partial charge in [-0.2, -0.15) is 0 Å². The number of anilines is 1. The normalized spacial score (nSPS) is 10.5. The van der Waals surface area contributed by atoms with E-state index in [1.807, 2.05) is 18.2 Å². The Morgan fingerprint density at radius 1 is 0.906 bits per heavy atom. The molecular formula is C26H29N3O3. The van der Waals surface area contributed by atoms with Crippen LogP contribution in [0.4, 0.5) is 5.69 Å². The summed E-state index contributed by atoms with van der Waals surface area (Å²) in [4.78, 5) is 22.7. The molecule has 0 fully saturated rings. The fraction of sp³-hybridized carbons (Fsp3) is 0.231. The van der Waals surface area contributed by atoms with Crippen LogP contribution >= 0.6 is 0 Å². The minimum Gasteiger partial charge on any atom is -0.488 e. The van der Waals surface area contributed by atoms with Crippen molar-refractivity contribution in [3.05, 3.63) is 94.0 Å².